The number of sulfonamides is 1. The van der Waals surface area contributed by atoms with Crippen molar-refractivity contribution in [1.82, 2.24) is 4.72 Å². The van der Waals surface area contributed by atoms with Gasteiger partial charge < -0.3 is 9.47 Å². The highest BCUT2D eigenvalue weighted by Crippen LogP contribution is 2.27. The molecular formula is C12H18ClNO4S. The molecule has 0 atom stereocenters. The molecule has 1 rings (SSSR count). The third-order valence-corrected chi connectivity index (χ3v) is 4.17. The van der Waals surface area contributed by atoms with Crippen LogP contribution in [0.25, 0.3) is 0 Å². The maximum absolute atomic E-state index is 11.6. The first-order valence-corrected chi connectivity index (χ1v) is 7.95. The maximum atomic E-state index is 11.6. The molecule has 0 aliphatic heterocycles. The second kappa shape index (κ2) is 7.57. The van der Waals surface area contributed by atoms with Gasteiger partial charge in [0.25, 0.3) is 0 Å². The number of alkyl halides is 1. The highest BCUT2D eigenvalue weighted by atomic mass is 35.5. The van der Waals surface area contributed by atoms with Crippen LogP contribution in [-0.4, -0.2) is 34.3 Å². The molecular weight excluding hydrogens is 290 g/mol. The van der Waals surface area contributed by atoms with E-state index in [1.54, 1.807) is 25.3 Å². The molecule has 0 fully saturated rings. The molecule has 5 nitrogen and oxygen atoms in total. The van der Waals surface area contributed by atoms with Crippen LogP contribution in [0.5, 0.6) is 11.5 Å². The fourth-order valence-electron chi connectivity index (χ4n) is 1.50. The predicted molar refractivity (Wildman–Crippen MR) is 75.5 cm³/mol. The number of hydrogen-bond donors (Lipinski definition) is 1. The summed E-state index contributed by atoms with van der Waals surface area (Å²) in [5, 5.41) is 0. The van der Waals surface area contributed by atoms with Gasteiger partial charge in [0.15, 0.2) is 11.5 Å². The monoisotopic (exact) mass is 307 g/mol. The van der Waals surface area contributed by atoms with Crippen LogP contribution in [0.1, 0.15) is 12.0 Å². The zero-order chi connectivity index (χ0) is 14.3. The topological polar surface area (TPSA) is 64.6 Å². The van der Waals surface area contributed by atoms with E-state index in [9.17, 15) is 8.42 Å². The molecule has 1 aromatic carbocycles. The van der Waals surface area contributed by atoms with Gasteiger partial charge in [0, 0.05) is 12.4 Å². The number of halogens is 1. The summed E-state index contributed by atoms with van der Waals surface area (Å²) in [5.74, 6) is 1.54. The lowest BCUT2D eigenvalue weighted by Crippen LogP contribution is -2.26. The Labute approximate surface area is 118 Å². The molecule has 0 aromatic heterocycles. The number of methoxy groups -OCH3 is 2. The van der Waals surface area contributed by atoms with Crippen molar-refractivity contribution < 1.29 is 17.9 Å². The Morgan fingerprint density at radius 2 is 1.89 bits per heavy atom. The van der Waals surface area contributed by atoms with Gasteiger partial charge in [-0.1, -0.05) is 6.07 Å². The third-order valence-electron chi connectivity index (χ3n) is 2.49. The number of rotatable bonds is 8. The van der Waals surface area contributed by atoms with Crippen LogP contribution < -0.4 is 14.2 Å². The van der Waals surface area contributed by atoms with E-state index in [0.29, 0.717) is 23.8 Å². The summed E-state index contributed by atoms with van der Waals surface area (Å²) < 4.78 is 36.0. The van der Waals surface area contributed by atoms with Crippen molar-refractivity contribution in [3.63, 3.8) is 0 Å². The van der Waals surface area contributed by atoms with Gasteiger partial charge in [-0.3, -0.25) is 0 Å². The Morgan fingerprint density at radius 1 is 1.21 bits per heavy atom. The third kappa shape index (κ3) is 5.26. The van der Waals surface area contributed by atoms with Crippen LogP contribution in [0, 0.1) is 0 Å². The molecule has 0 unspecified atom stereocenters. The average molecular weight is 308 g/mol. The molecule has 0 saturated carbocycles. The first-order valence-electron chi connectivity index (χ1n) is 5.76. The van der Waals surface area contributed by atoms with Crippen LogP contribution in [0.15, 0.2) is 18.2 Å². The predicted octanol–water partition coefficient (Wildman–Crippen LogP) is 1.75. The quantitative estimate of drug-likeness (QED) is 0.743. The van der Waals surface area contributed by atoms with Gasteiger partial charge in [-0.25, -0.2) is 13.1 Å². The molecule has 0 aliphatic rings. The molecule has 7 heteroatoms. The SMILES string of the molecule is COc1ccc(CNS(=O)(=O)CCCCl)cc1OC. The van der Waals surface area contributed by atoms with E-state index < -0.39 is 10.0 Å². The first kappa shape index (κ1) is 16.1. The normalized spacial score (nSPS) is 11.3. The van der Waals surface area contributed by atoms with E-state index in [1.807, 2.05) is 0 Å². The van der Waals surface area contributed by atoms with Crippen molar-refractivity contribution in [2.75, 3.05) is 25.9 Å². The summed E-state index contributed by atoms with van der Waals surface area (Å²) in [4.78, 5) is 0. The van der Waals surface area contributed by atoms with Gasteiger partial charge in [0.2, 0.25) is 10.0 Å². The van der Waals surface area contributed by atoms with Gasteiger partial charge in [0.1, 0.15) is 0 Å². The van der Waals surface area contributed by atoms with Crippen LogP contribution >= 0.6 is 11.6 Å². The molecule has 1 aromatic rings. The number of nitrogens with one attached hydrogen (secondary N) is 1. The molecule has 0 saturated heterocycles. The standard InChI is InChI=1S/C12H18ClNO4S/c1-17-11-5-4-10(8-12(11)18-2)9-14-19(15,16)7-3-6-13/h4-5,8,14H,3,6-7,9H2,1-2H3. The van der Waals surface area contributed by atoms with Crippen molar-refractivity contribution in [3.05, 3.63) is 23.8 Å². The summed E-state index contributed by atoms with van der Waals surface area (Å²) in [7, 11) is -0.202. The smallest absolute Gasteiger partial charge is 0.211 e. The molecule has 108 valence electrons. The van der Waals surface area contributed by atoms with Crippen LogP contribution in [-0.2, 0) is 16.6 Å². The van der Waals surface area contributed by atoms with E-state index in [-0.39, 0.29) is 12.3 Å². The second-order valence-electron chi connectivity index (χ2n) is 3.87. The minimum atomic E-state index is -3.28. The Kier molecular flexibility index (Phi) is 6.41. The van der Waals surface area contributed by atoms with Crippen LogP contribution in [0.2, 0.25) is 0 Å². The molecule has 0 heterocycles. The molecule has 0 radical (unpaired) electrons. The second-order valence-corrected chi connectivity index (χ2v) is 6.18. The van der Waals surface area contributed by atoms with Crippen LogP contribution in [0.3, 0.4) is 0 Å². The molecule has 1 N–H and O–H groups in total. The summed E-state index contributed by atoms with van der Waals surface area (Å²) in [6, 6.07) is 5.26. The van der Waals surface area contributed by atoms with Crippen molar-refractivity contribution in [2.45, 2.75) is 13.0 Å². The van der Waals surface area contributed by atoms with Crippen LogP contribution in [0.4, 0.5) is 0 Å². The summed E-state index contributed by atoms with van der Waals surface area (Å²) in [6.07, 6.45) is 0.433. The van der Waals surface area contributed by atoms with Crippen molar-refractivity contribution in [1.29, 1.82) is 0 Å². The van der Waals surface area contributed by atoms with E-state index >= 15 is 0 Å². The lowest BCUT2D eigenvalue weighted by molar-refractivity contribution is 0.354. The summed E-state index contributed by atoms with van der Waals surface area (Å²) >= 11 is 5.48. The first-order chi connectivity index (χ1) is 9.02. The fourth-order valence-corrected chi connectivity index (χ4v) is 2.85. The largest absolute Gasteiger partial charge is 0.493 e. The Bertz CT molecular complexity index is 504. The van der Waals surface area contributed by atoms with Crippen molar-refractivity contribution >= 4 is 21.6 Å². The van der Waals surface area contributed by atoms with Gasteiger partial charge in [-0.05, 0) is 24.1 Å². The summed E-state index contributed by atoms with van der Waals surface area (Å²) in [6.45, 7) is 0.213. The minimum Gasteiger partial charge on any atom is -0.493 e. The van der Waals surface area contributed by atoms with Crippen molar-refractivity contribution in [3.8, 4) is 11.5 Å². The van der Waals surface area contributed by atoms with Gasteiger partial charge in [-0.2, -0.15) is 0 Å². The highest BCUT2D eigenvalue weighted by molar-refractivity contribution is 7.89. The minimum absolute atomic E-state index is 0.0315. The number of benzene rings is 1. The molecule has 0 bridgehead atoms. The zero-order valence-electron chi connectivity index (χ0n) is 11.0. The number of ether oxygens (including phenoxy) is 2. The molecule has 0 aliphatic carbocycles. The molecule has 19 heavy (non-hydrogen) atoms. The number of hydrogen-bond acceptors (Lipinski definition) is 4. The maximum Gasteiger partial charge on any atom is 0.211 e. The average Bonchev–Trinajstić information content (AvgIpc) is 2.42. The van der Waals surface area contributed by atoms with E-state index in [0.717, 1.165) is 5.56 Å². The fraction of sp³-hybridized carbons (Fsp3) is 0.500. The lowest BCUT2D eigenvalue weighted by atomic mass is 10.2. The Balaban J connectivity index is 2.68. The molecule has 0 amide bonds. The zero-order valence-corrected chi connectivity index (χ0v) is 12.6. The van der Waals surface area contributed by atoms with Gasteiger partial charge in [0.05, 0.1) is 20.0 Å². The Morgan fingerprint density at radius 3 is 2.47 bits per heavy atom. The Hall–Kier alpha value is -0.980. The van der Waals surface area contributed by atoms with Crippen molar-refractivity contribution in [2.24, 2.45) is 0 Å². The lowest BCUT2D eigenvalue weighted by Gasteiger charge is -2.10. The van der Waals surface area contributed by atoms with Gasteiger partial charge >= 0.3 is 0 Å². The summed E-state index contributed by atoms with van der Waals surface area (Å²) in [5.41, 5.74) is 0.798. The molecule has 0 spiro atoms. The van der Waals surface area contributed by atoms with E-state index in [4.69, 9.17) is 21.1 Å². The highest BCUT2D eigenvalue weighted by Gasteiger charge is 2.10. The van der Waals surface area contributed by atoms with E-state index in [1.165, 1.54) is 7.11 Å². The van der Waals surface area contributed by atoms with E-state index in [2.05, 4.69) is 4.72 Å². The van der Waals surface area contributed by atoms with Gasteiger partial charge in [-0.15, -0.1) is 11.6 Å².